The third-order valence-corrected chi connectivity index (χ3v) is 4.20. The zero-order valence-electron chi connectivity index (χ0n) is 16.6. The van der Waals surface area contributed by atoms with Gasteiger partial charge >= 0.3 is 0 Å². The predicted molar refractivity (Wildman–Crippen MR) is 111 cm³/mol. The van der Waals surface area contributed by atoms with Crippen molar-refractivity contribution in [2.45, 2.75) is 19.9 Å². The van der Waals surface area contributed by atoms with Gasteiger partial charge in [-0.25, -0.2) is 9.67 Å². The van der Waals surface area contributed by atoms with Gasteiger partial charge in [-0.05, 0) is 36.8 Å². The molecule has 0 unspecified atom stereocenters. The molecule has 0 fully saturated rings. The molecule has 152 valence electrons. The first-order valence-corrected chi connectivity index (χ1v) is 9.37. The third-order valence-electron chi connectivity index (χ3n) is 4.20. The summed E-state index contributed by atoms with van der Waals surface area (Å²) >= 11 is 0. The lowest BCUT2D eigenvalue weighted by atomic mass is 10.2. The summed E-state index contributed by atoms with van der Waals surface area (Å²) in [6.45, 7) is 3.58. The average Bonchev–Trinajstić information content (AvgIpc) is 3.22. The molecule has 1 aromatic heterocycles. The molecule has 0 spiro atoms. The fourth-order valence-corrected chi connectivity index (χ4v) is 2.76. The van der Waals surface area contributed by atoms with Gasteiger partial charge in [-0.1, -0.05) is 12.1 Å². The minimum atomic E-state index is -0.0797. The fraction of sp³-hybridized carbons (Fsp3) is 0.286. The van der Waals surface area contributed by atoms with Gasteiger partial charge in [0.25, 0.3) is 0 Å². The first-order chi connectivity index (χ1) is 14.1. The monoisotopic (exact) mass is 395 g/mol. The van der Waals surface area contributed by atoms with Gasteiger partial charge in [-0.3, -0.25) is 4.79 Å². The van der Waals surface area contributed by atoms with Crippen molar-refractivity contribution < 1.29 is 14.3 Å². The molecule has 0 bridgehead atoms. The molecule has 0 aliphatic rings. The zero-order chi connectivity index (χ0) is 20.5. The van der Waals surface area contributed by atoms with Crippen molar-refractivity contribution in [2.24, 2.45) is 0 Å². The quantitative estimate of drug-likeness (QED) is 0.548. The highest BCUT2D eigenvalue weighted by Crippen LogP contribution is 2.25. The number of hydrogen-bond acceptors (Lipinski definition) is 6. The third kappa shape index (κ3) is 6.24. The molecule has 0 atom stereocenters. The maximum atomic E-state index is 12.3. The van der Waals surface area contributed by atoms with Crippen LogP contribution in [-0.4, -0.2) is 40.9 Å². The van der Waals surface area contributed by atoms with Crippen LogP contribution in [-0.2, 0) is 11.3 Å². The number of nitrogens with one attached hydrogen (secondary N) is 2. The normalized spacial score (nSPS) is 10.4. The van der Waals surface area contributed by atoms with Gasteiger partial charge in [0.15, 0.2) is 0 Å². The van der Waals surface area contributed by atoms with Crippen LogP contribution in [0.1, 0.15) is 12.0 Å². The van der Waals surface area contributed by atoms with Crippen LogP contribution in [0.2, 0.25) is 0 Å². The standard InChI is InChI=1S/C21H25N5O3/c1-16-6-7-20(28-2)19(12-16)23-9-8-21(27)25-17-4-3-5-18(13-17)29-11-10-26-15-22-14-24-26/h3-7,12-15,23H,8-11H2,1-2H3,(H,25,27). The second kappa shape index (κ2) is 10.1. The van der Waals surface area contributed by atoms with Crippen molar-refractivity contribution in [3.63, 3.8) is 0 Å². The molecule has 0 aliphatic carbocycles. The van der Waals surface area contributed by atoms with E-state index in [0.29, 0.717) is 37.6 Å². The Kier molecular flexibility index (Phi) is 7.05. The number of methoxy groups -OCH3 is 1. The second-order valence-electron chi connectivity index (χ2n) is 6.46. The SMILES string of the molecule is COc1ccc(C)cc1NCCC(=O)Nc1cccc(OCCn2cncn2)c1. The largest absolute Gasteiger partial charge is 0.495 e. The van der Waals surface area contributed by atoms with E-state index >= 15 is 0 Å². The van der Waals surface area contributed by atoms with Crippen LogP contribution in [0.4, 0.5) is 11.4 Å². The Morgan fingerprint density at radius 1 is 1.21 bits per heavy atom. The number of hydrogen-bond donors (Lipinski definition) is 2. The van der Waals surface area contributed by atoms with Crippen LogP contribution in [0.5, 0.6) is 11.5 Å². The molecular weight excluding hydrogens is 370 g/mol. The molecule has 8 heteroatoms. The van der Waals surface area contributed by atoms with Gasteiger partial charge in [0.05, 0.1) is 19.3 Å². The fourth-order valence-electron chi connectivity index (χ4n) is 2.76. The Balaban J connectivity index is 1.45. The van der Waals surface area contributed by atoms with E-state index in [1.165, 1.54) is 6.33 Å². The van der Waals surface area contributed by atoms with Crippen molar-refractivity contribution in [2.75, 3.05) is 30.9 Å². The minimum absolute atomic E-state index is 0.0797. The first kappa shape index (κ1) is 20.2. The topological polar surface area (TPSA) is 90.3 Å². The number of amides is 1. The Labute approximate surface area is 169 Å². The van der Waals surface area contributed by atoms with Crippen molar-refractivity contribution >= 4 is 17.3 Å². The summed E-state index contributed by atoms with van der Waals surface area (Å²) in [4.78, 5) is 16.2. The number of anilines is 2. The maximum Gasteiger partial charge on any atom is 0.226 e. The van der Waals surface area contributed by atoms with E-state index in [4.69, 9.17) is 9.47 Å². The number of carbonyl (C=O) groups is 1. The summed E-state index contributed by atoms with van der Waals surface area (Å²) in [5, 5.41) is 10.2. The number of nitrogens with zero attached hydrogens (tertiary/aromatic N) is 3. The van der Waals surface area contributed by atoms with Gasteiger partial charge in [0.2, 0.25) is 5.91 Å². The van der Waals surface area contributed by atoms with Gasteiger partial charge in [0, 0.05) is 24.7 Å². The smallest absolute Gasteiger partial charge is 0.226 e. The molecule has 1 amide bonds. The van der Waals surface area contributed by atoms with E-state index in [0.717, 1.165) is 17.0 Å². The number of rotatable bonds is 10. The Hall–Kier alpha value is -3.55. The molecule has 1 heterocycles. The highest BCUT2D eigenvalue weighted by atomic mass is 16.5. The van der Waals surface area contributed by atoms with E-state index in [2.05, 4.69) is 20.7 Å². The predicted octanol–water partition coefficient (Wildman–Crippen LogP) is 3.11. The lowest BCUT2D eigenvalue weighted by Gasteiger charge is -2.12. The van der Waals surface area contributed by atoms with Crippen molar-refractivity contribution in [1.29, 1.82) is 0 Å². The molecule has 0 radical (unpaired) electrons. The Bertz CT molecular complexity index is 928. The maximum absolute atomic E-state index is 12.3. The van der Waals surface area contributed by atoms with Crippen LogP contribution in [0, 0.1) is 6.92 Å². The summed E-state index contributed by atoms with van der Waals surface area (Å²) < 4.78 is 12.7. The van der Waals surface area contributed by atoms with Crippen LogP contribution in [0.25, 0.3) is 0 Å². The second-order valence-corrected chi connectivity index (χ2v) is 6.46. The Morgan fingerprint density at radius 2 is 2.10 bits per heavy atom. The molecule has 0 aliphatic heterocycles. The highest BCUT2D eigenvalue weighted by Gasteiger charge is 2.06. The molecular formula is C21H25N5O3. The van der Waals surface area contributed by atoms with Gasteiger partial charge < -0.3 is 20.1 Å². The van der Waals surface area contributed by atoms with Crippen molar-refractivity contribution in [1.82, 2.24) is 14.8 Å². The number of carbonyl (C=O) groups excluding carboxylic acids is 1. The van der Waals surface area contributed by atoms with E-state index in [1.807, 2.05) is 43.3 Å². The summed E-state index contributed by atoms with van der Waals surface area (Å²) in [6, 6.07) is 13.2. The number of ether oxygens (including phenoxy) is 2. The summed E-state index contributed by atoms with van der Waals surface area (Å²) in [5.74, 6) is 1.36. The van der Waals surface area contributed by atoms with E-state index in [9.17, 15) is 4.79 Å². The van der Waals surface area contributed by atoms with Crippen LogP contribution >= 0.6 is 0 Å². The molecule has 3 aromatic rings. The first-order valence-electron chi connectivity index (χ1n) is 9.37. The van der Waals surface area contributed by atoms with Crippen molar-refractivity contribution in [3.8, 4) is 11.5 Å². The molecule has 3 rings (SSSR count). The highest BCUT2D eigenvalue weighted by molar-refractivity contribution is 5.91. The number of aromatic nitrogens is 3. The molecule has 2 aromatic carbocycles. The molecule has 8 nitrogen and oxygen atoms in total. The molecule has 29 heavy (non-hydrogen) atoms. The lowest BCUT2D eigenvalue weighted by molar-refractivity contribution is -0.115. The number of aryl methyl sites for hydroxylation is 1. The summed E-state index contributed by atoms with van der Waals surface area (Å²) in [6.07, 6.45) is 3.45. The average molecular weight is 395 g/mol. The molecule has 0 saturated carbocycles. The zero-order valence-corrected chi connectivity index (χ0v) is 16.6. The van der Waals surface area contributed by atoms with Crippen LogP contribution in [0.15, 0.2) is 55.1 Å². The van der Waals surface area contributed by atoms with Crippen LogP contribution in [0.3, 0.4) is 0 Å². The van der Waals surface area contributed by atoms with E-state index in [-0.39, 0.29) is 5.91 Å². The summed E-state index contributed by atoms with van der Waals surface area (Å²) in [7, 11) is 1.63. The number of benzene rings is 2. The minimum Gasteiger partial charge on any atom is -0.495 e. The van der Waals surface area contributed by atoms with Gasteiger partial charge in [-0.2, -0.15) is 5.10 Å². The lowest BCUT2D eigenvalue weighted by Crippen LogP contribution is -2.16. The summed E-state index contributed by atoms with van der Waals surface area (Å²) in [5.41, 5.74) is 2.70. The van der Waals surface area contributed by atoms with Gasteiger partial charge in [0.1, 0.15) is 30.8 Å². The Morgan fingerprint density at radius 3 is 2.90 bits per heavy atom. The molecule has 0 saturated heterocycles. The van der Waals surface area contributed by atoms with Gasteiger partial charge in [-0.15, -0.1) is 0 Å². The van der Waals surface area contributed by atoms with Crippen LogP contribution < -0.4 is 20.1 Å². The molecule has 2 N–H and O–H groups in total. The van der Waals surface area contributed by atoms with E-state index in [1.54, 1.807) is 24.2 Å². The van der Waals surface area contributed by atoms with Crippen molar-refractivity contribution in [3.05, 3.63) is 60.7 Å². The van der Waals surface area contributed by atoms with E-state index < -0.39 is 0 Å².